The molecule has 0 spiro atoms. The molecular weight excluding hydrogens is 356 g/mol. The molecule has 138 valence electrons. The molecule has 5 nitrogen and oxygen atoms in total. The summed E-state index contributed by atoms with van der Waals surface area (Å²) >= 11 is 5.80. The van der Waals surface area contributed by atoms with E-state index >= 15 is 0 Å². The average Bonchev–Trinajstić information content (AvgIpc) is 2.62. The number of carboxylic acids is 1. The third kappa shape index (κ3) is 4.76. The van der Waals surface area contributed by atoms with Gasteiger partial charge in [0, 0.05) is 5.02 Å². The van der Waals surface area contributed by atoms with Crippen LogP contribution in [-0.4, -0.2) is 23.1 Å². The van der Waals surface area contributed by atoms with Crippen molar-refractivity contribution in [3.05, 3.63) is 58.6 Å². The zero-order valence-corrected chi connectivity index (χ0v) is 15.6. The van der Waals surface area contributed by atoms with E-state index in [-0.39, 0.29) is 22.3 Å². The van der Waals surface area contributed by atoms with Gasteiger partial charge in [-0.25, -0.2) is 9.59 Å². The Balaban J connectivity index is 2.16. The van der Waals surface area contributed by atoms with E-state index in [1.807, 2.05) is 18.2 Å². The van der Waals surface area contributed by atoms with Crippen molar-refractivity contribution >= 4 is 23.5 Å². The van der Waals surface area contributed by atoms with Crippen molar-refractivity contribution in [3.8, 4) is 11.5 Å². The Labute approximate surface area is 157 Å². The zero-order valence-electron chi connectivity index (χ0n) is 14.9. The third-order valence-corrected chi connectivity index (χ3v) is 4.32. The smallest absolute Gasteiger partial charge is 0.352 e. The molecule has 6 heteroatoms. The average molecular weight is 377 g/mol. The third-order valence-electron chi connectivity index (χ3n) is 4.08. The van der Waals surface area contributed by atoms with Gasteiger partial charge in [-0.1, -0.05) is 43.6 Å². The van der Waals surface area contributed by atoms with E-state index in [4.69, 9.17) is 21.1 Å². The first-order chi connectivity index (χ1) is 12.3. The fraction of sp³-hybridized carbons (Fsp3) is 0.300. The lowest BCUT2D eigenvalue weighted by Crippen LogP contribution is -2.29. The molecule has 2 unspecified atom stereocenters. The fourth-order valence-electron chi connectivity index (χ4n) is 2.40. The first-order valence-corrected chi connectivity index (χ1v) is 8.71. The molecule has 0 bridgehead atoms. The number of esters is 1. The minimum Gasteiger partial charge on any atom is -0.479 e. The van der Waals surface area contributed by atoms with E-state index < -0.39 is 18.0 Å². The Bertz CT molecular complexity index is 803. The SMILES string of the molecule is CCC(C)c1ccccc1OC(C)C(=O)Oc1ccc(Cl)cc1C(=O)O. The highest BCUT2D eigenvalue weighted by atomic mass is 35.5. The topological polar surface area (TPSA) is 72.8 Å². The first-order valence-electron chi connectivity index (χ1n) is 8.33. The van der Waals surface area contributed by atoms with Crippen LogP contribution in [0.15, 0.2) is 42.5 Å². The Morgan fingerprint density at radius 3 is 2.46 bits per heavy atom. The monoisotopic (exact) mass is 376 g/mol. The molecule has 2 rings (SSSR count). The number of aromatic carboxylic acids is 1. The molecule has 0 saturated heterocycles. The maximum Gasteiger partial charge on any atom is 0.352 e. The summed E-state index contributed by atoms with van der Waals surface area (Å²) in [4.78, 5) is 23.6. The van der Waals surface area contributed by atoms with Crippen molar-refractivity contribution < 1.29 is 24.2 Å². The Morgan fingerprint density at radius 2 is 1.81 bits per heavy atom. The van der Waals surface area contributed by atoms with E-state index in [2.05, 4.69) is 13.8 Å². The van der Waals surface area contributed by atoms with Crippen LogP contribution in [-0.2, 0) is 4.79 Å². The lowest BCUT2D eigenvalue weighted by atomic mass is 9.98. The van der Waals surface area contributed by atoms with Crippen molar-refractivity contribution in [2.24, 2.45) is 0 Å². The normalized spacial score (nSPS) is 12.9. The van der Waals surface area contributed by atoms with Crippen LogP contribution in [0.5, 0.6) is 11.5 Å². The highest BCUT2D eigenvalue weighted by Gasteiger charge is 2.22. The maximum absolute atomic E-state index is 12.4. The van der Waals surface area contributed by atoms with Gasteiger partial charge >= 0.3 is 11.9 Å². The van der Waals surface area contributed by atoms with Crippen LogP contribution in [0, 0.1) is 0 Å². The standard InChI is InChI=1S/C20H21ClO5/c1-4-12(2)15-7-5-6-8-17(15)25-13(3)20(24)26-18-10-9-14(21)11-16(18)19(22)23/h5-13H,4H2,1-3H3,(H,22,23). The van der Waals surface area contributed by atoms with Crippen molar-refractivity contribution in [2.45, 2.75) is 39.2 Å². The van der Waals surface area contributed by atoms with Gasteiger partial charge in [0.05, 0.1) is 0 Å². The van der Waals surface area contributed by atoms with Crippen molar-refractivity contribution in [1.29, 1.82) is 0 Å². The summed E-state index contributed by atoms with van der Waals surface area (Å²) in [5.41, 5.74) is 0.824. The van der Waals surface area contributed by atoms with Gasteiger partial charge in [0.1, 0.15) is 17.1 Å². The van der Waals surface area contributed by atoms with Gasteiger partial charge < -0.3 is 14.6 Å². The Morgan fingerprint density at radius 1 is 1.12 bits per heavy atom. The molecule has 0 heterocycles. The van der Waals surface area contributed by atoms with Crippen LogP contribution in [0.3, 0.4) is 0 Å². The summed E-state index contributed by atoms with van der Waals surface area (Å²) in [7, 11) is 0. The van der Waals surface area contributed by atoms with E-state index in [0.29, 0.717) is 5.75 Å². The summed E-state index contributed by atoms with van der Waals surface area (Å²) in [6.45, 7) is 5.72. The molecule has 0 aromatic heterocycles. The quantitative estimate of drug-likeness (QED) is 0.548. The van der Waals surface area contributed by atoms with Crippen molar-refractivity contribution in [1.82, 2.24) is 0 Å². The van der Waals surface area contributed by atoms with Crippen LogP contribution in [0.4, 0.5) is 0 Å². The van der Waals surface area contributed by atoms with Crippen LogP contribution in [0.1, 0.15) is 49.0 Å². The molecule has 0 aliphatic rings. The second-order valence-corrected chi connectivity index (χ2v) is 6.41. The molecule has 0 saturated carbocycles. The molecule has 2 atom stereocenters. The number of carbonyl (C=O) groups is 2. The van der Waals surface area contributed by atoms with Crippen molar-refractivity contribution in [3.63, 3.8) is 0 Å². The second-order valence-electron chi connectivity index (χ2n) is 5.97. The van der Waals surface area contributed by atoms with Gasteiger partial charge in [-0.2, -0.15) is 0 Å². The minimum absolute atomic E-state index is 0.0717. The minimum atomic E-state index is -1.23. The van der Waals surface area contributed by atoms with E-state index in [9.17, 15) is 14.7 Å². The van der Waals surface area contributed by atoms with Gasteiger partial charge in [-0.15, -0.1) is 0 Å². The highest BCUT2D eigenvalue weighted by molar-refractivity contribution is 6.31. The number of rotatable bonds is 7. The van der Waals surface area contributed by atoms with Crippen molar-refractivity contribution in [2.75, 3.05) is 0 Å². The molecular formula is C20H21ClO5. The number of para-hydroxylation sites is 1. The molecule has 2 aromatic carbocycles. The molecule has 2 aromatic rings. The molecule has 0 aliphatic heterocycles. The van der Waals surface area contributed by atoms with Crippen LogP contribution < -0.4 is 9.47 Å². The summed E-state index contributed by atoms with van der Waals surface area (Å²) in [5, 5.41) is 9.46. The largest absolute Gasteiger partial charge is 0.479 e. The molecule has 0 amide bonds. The first kappa shape index (κ1) is 19.8. The van der Waals surface area contributed by atoms with Gasteiger partial charge in [0.25, 0.3) is 0 Å². The number of carboxylic acid groups (broad SMARTS) is 1. The fourth-order valence-corrected chi connectivity index (χ4v) is 2.58. The molecule has 1 N–H and O–H groups in total. The van der Waals surface area contributed by atoms with Gasteiger partial charge in [0.15, 0.2) is 6.10 Å². The van der Waals surface area contributed by atoms with Gasteiger partial charge in [-0.3, -0.25) is 0 Å². The molecule has 26 heavy (non-hydrogen) atoms. The number of carbonyl (C=O) groups excluding carboxylic acids is 1. The van der Waals surface area contributed by atoms with E-state index in [1.54, 1.807) is 13.0 Å². The summed E-state index contributed by atoms with van der Waals surface area (Å²) < 4.78 is 11.0. The number of ether oxygens (including phenoxy) is 2. The molecule has 0 aliphatic carbocycles. The molecule has 0 radical (unpaired) electrons. The van der Waals surface area contributed by atoms with Crippen LogP contribution in [0.2, 0.25) is 5.02 Å². The summed E-state index contributed by atoms with van der Waals surface area (Å²) in [6, 6.07) is 11.6. The van der Waals surface area contributed by atoms with Crippen LogP contribution >= 0.6 is 11.6 Å². The Kier molecular flexibility index (Phi) is 6.64. The predicted octanol–water partition coefficient (Wildman–Crippen LogP) is 4.92. The lowest BCUT2D eigenvalue weighted by molar-refractivity contribution is -0.141. The molecule has 0 fully saturated rings. The Hall–Kier alpha value is -2.53. The number of hydrogen-bond acceptors (Lipinski definition) is 4. The van der Waals surface area contributed by atoms with E-state index in [0.717, 1.165) is 12.0 Å². The summed E-state index contributed by atoms with van der Waals surface area (Å²) in [6.07, 6.45) is 0.0314. The second kappa shape index (κ2) is 8.72. The maximum atomic E-state index is 12.4. The zero-order chi connectivity index (χ0) is 19.3. The number of hydrogen-bond donors (Lipinski definition) is 1. The van der Waals surface area contributed by atoms with E-state index in [1.165, 1.54) is 18.2 Å². The highest BCUT2D eigenvalue weighted by Crippen LogP contribution is 2.29. The number of halogens is 1. The number of benzene rings is 2. The predicted molar refractivity (Wildman–Crippen MR) is 99.3 cm³/mol. The summed E-state index contributed by atoms with van der Waals surface area (Å²) in [5.74, 6) is -1.09. The van der Waals surface area contributed by atoms with Crippen LogP contribution in [0.25, 0.3) is 0 Å². The lowest BCUT2D eigenvalue weighted by Gasteiger charge is -2.19. The van der Waals surface area contributed by atoms with Gasteiger partial charge in [-0.05, 0) is 49.1 Å². The van der Waals surface area contributed by atoms with Gasteiger partial charge in [0.2, 0.25) is 0 Å².